The van der Waals surface area contributed by atoms with Crippen molar-refractivity contribution >= 4 is 5.91 Å². The number of hydrogen-bond donors (Lipinski definition) is 0. The van der Waals surface area contributed by atoms with Crippen molar-refractivity contribution in [3.05, 3.63) is 23.8 Å². The Bertz CT molecular complexity index is 621. The molecule has 0 N–H and O–H groups in total. The molecule has 3 aliphatic heterocycles. The van der Waals surface area contributed by atoms with Gasteiger partial charge in [-0.2, -0.15) is 0 Å². The summed E-state index contributed by atoms with van der Waals surface area (Å²) in [5.41, 5.74) is 1.23. The Morgan fingerprint density at radius 2 is 2.08 bits per heavy atom. The molecule has 3 heterocycles. The molecule has 6 nitrogen and oxygen atoms in total. The van der Waals surface area contributed by atoms with Gasteiger partial charge in [-0.3, -0.25) is 9.69 Å². The zero-order valence-electron chi connectivity index (χ0n) is 14.1. The second kappa shape index (κ2) is 6.61. The number of hydrogen-bond acceptors (Lipinski definition) is 5. The Morgan fingerprint density at radius 3 is 2.96 bits per heavy atom. The average Bonchev–Trinajstić information content (AvgIpc) is 2.92. The van der Waals surface area contributed by atoms with E-state index in [1.165, 1.54) is 5.56 Å². The Kier molecular flexibility index (Phi) is 4.33. The van der Waals surface area contributed by atoms with E-state index in [9.17, 15) is 4.79 Å². The molecular formula is C18H24N2O4. The van der Waals surface area contributed by atoms with Crippen LogP contribution in [0.2, 0.25) is 0 Å². The maximum absolute atomic E-state index is 11.7. The lowest BCUT2D eigenvalue weighted by molar-refractivity contribution is -0.129. The third-order valence-electron chi connectivity index (χ3n) is 5.22. The Labute approximate surface area is 142 Å². The number of piperidine rings is 1. The lowest BCUT2D eigenvalue weighted by Gasteiger charge is -2.38. The first-order valence-electron chi connectivity index (χ1n) is 8.67. The van der Waals surface area contributed by atoms with E-state index in [1.54, 1.807) is 6.92 Å². The molecule has 0 saturated carbocycles. The molecule has 0 radical (unpaired) electrons. The Hall–Kier alpha value is -1.79. The van der Waals surface area contributed by atoms with Crippen LogP contribution < -0.4 is 9.47 Å². The van der Waals surface area contributed by atoms with Crippen LogP contribution in [0.5, 0.6) is 11.5 Å². The molecule has 130 valence electrons. The Balaban J connectivity index is 1.38. The molecule has 24 heavy (non-hydrogen) atoms. The van der Waals surface area contributed by atoms with E-state index >= 15 is 0 Å². The quantitative estimate of drug-likeness (QED) is 0.821. The van der Waals surface area contributed by atoms with Crippen molar-refractivity contribution in [3.63, 3.8) is 0 Å². The summed E-state index contributed by atoms with van der Waals surface area (Å²) in [5, 5.41) is 0. The first-order chi connectivity index (χ1) is 11.7. The van der Waals surface area contributed by atoms with E-state index in [-0.39, 0.29) is 12.0 Å². The topological polar surface area (TPSA) is 51.2 Å². The maximum atomic E-state index is 11.7. The van der Waals surface area contributed by atoms with Gasteiger partial charge in [0.15, 0.2) is 11.5 Å². The summed E-state index contributed by atoms with van der Waals surface area (Å²) >= 11 is 0. The van der Waals surface area contributed by atoms with E-state index in [0.717, 1.165) is 44.1 Å². The van der Waals surface area contributed by atoms with Crippen LogP contribution in [-0.2, 0) is 16.1 Å². The molecule has 1 aromatic rings. The maximum Gasteiger partial charge on any atom is 0.231 e. The monoisotopic (exact) mass is 332 g/mol. The van der Waals surface area contributed by atoms with Crippen LogP contribution in [0.15, 0.2) is 18.2 Å². The van der Waals surface area contributed by atoms with Crippen molar-refractivity contribution in [2.24, 2.45) is 5.92 Å². The second-order valence-electron chi connectivity index (χ2n) is 6.85. The molecule has 0 aliphatic carbocycles. The van der Waals surface area contributed by atoms with E-state index in [4.69, 9.17) is 14.2 Å². The molecule has 2 fully saturated rings. The lowest BCUT2D eigenvalue weighted by Crippen LogP contribution is -2.46. The standard InChI is InChI=1S/C18H24N2O4/c1-13(21)20-6-7-22-18-11-19(5-4-15(18)10-20)9-14-2-3-16-17(8-14)24-12-23-16/h2-3,8,15,18H,4-7,9-12H2,1H3/t15-,18-/m0/s1. The van der Waals surface area contributed by atoms with Crippen molar-refractivity contribution in [1.29, 1.82) is 0 Å². The minimum atomic E-state index is 0.155. The summed E-state index contributed by atoms with van der Waals surface area (Å²) in [4.78, 5) is 16.0. The van der Waals surface area contributed by atoms with Gasteiger partial charge in [0.05, 0.1) is 12.7 Å². The first-order valence-corrected chi connectivity index (χ1v) is 8.67. The summed E-state index contributed by atoms with van der Waals surface area (Å²) in [5.74, 6) is 2.27. The van der Waals surface area contributed by atoms with Gasteiger partial charge in [0.1, 0.15) is 0 Å². The lowest BCUT2D eigenvalue weighted by atomic mass is 9.93. The number of fused-ring (bicyclic) bond motifs is 2. The van der Waals surface area contributed by atoms with Crippen LogP contribution >= 0.6 is 0 Å². The number of ether oxygens (including phenoxy) is 3. The highest BCUT2D eigenvalue weighted by Crippen LogP contribution is 2.33. The molecule has 1 amide bonds. The van der Waals surface area contributed by atoms with E-state index < -0.39 is 0 Å². The fourth-order valence-corrected chi connectivity index (χ4v) is 3.84. The Morgan fingerprint density at radius 1 is 1.21 bits per heavy atom. The van der Waals surface area contributed by atoms with E-state index in [0.29, 0.717) is 25.9 Å². The molecule has 1 aromatic carbocycles. The molecule has 0 bridgehead atoms. The van der Waals surface area contributed by atoms with Gasteiger partial charge in [-0.15, -0.1) is 0 Å². The third-order valence-corrected chi connectivity index (χ3v) is 5.22. The van der Waals surface area contributed by atoms with E-state index in [1.807, 2.05) is 11.0 Å². The molecule has 0 unspecified atom stereocenters. The molecule has 2 atom stereocenters. The minimum absolute atomic E-state index is 0.155. The number of carbonyl (C=O) groups excluding carboxylic acids is 1. The first kappa shape index (κ1) is 15.7. The molecular weight excluding hydrogens is 308 g/mol. The predicted octanol–water partition coefficient (Wildman–Crippen LogP) is 1.48. The highest BCUT2D eigenvalue weighted by Gasteiger charge is 2.34. The molecule has 0 aromatic heterocycles. The van der Waals surface area contributed by atoms with Gasteiger partial charge in [-0.25, -0.2) is 0 Å². The third kappa shape index (κ3) is 3.21. The van der Waals surface area contributed by atoms with Gasteiger partial charge >= 0.3 is 0 Å². The SMILES string of the molecule is CC(=O)N1CCO[C@H]2CN(Cc3ccc4c(c3)OCO4)CC[C@H]2C1. The van der Waals surface area contributed by atoms with Crippen molar-refractivity contribution in [1.82, 2.24) is 9.80 Å². The van der Waals surface area contributed by atoms with Crippen LogP contribution in [0, 0.1) is 5.92 Å². The molecule has 4 rings (SSSR count). The largest absolute Gasteiger partial charge is 0.454 e. The molecule has 6 heteroatoms. The van der Waals surface area contributed by atoms with Crippen molar-refractivity contribution in [2.45, 2.75) is 26.0 Å². The second-order valence-corrected chi connectivity index (χ2v) is 6.85. The van der Waals surface area contributed by atoms with Gasteiger partial charge in [0.25, 0.3) is 0 Å². The van der Waals surface area contributed by atoms with Crippen LogP contribution in [0.1, 0.15) is 18.9 Å². The van der Waals surface area contributed by atoms with Crippen molar-refractivity contribution in [3.8, 4) is 11.5 Å². The molecule has 3 aliphatic rings. The summed E-state index contributed by atoms with van der Waals surface area (Å²) in [7, 11) is 0. The zero-order chi connectivity index (χ0) is 16.5. The van der Waals surface area contributed by atoms with Gasteiger partial charge < -0.3 is 19.1 Å². The van der Waals surface area contributed by atoms with Crippen molar-refractivity contribution < 1.29 is 19.0 Å². The van der Waals surface area contributed by atoms with Gasteiger partial charge in [-0.05, 0) is 30.7 Å². The molecule has 0 spiro atoms. The summed E-state index contributed by atoms with van der Waals surface area (Å²) < 4.78 is 16.9. The fraction of sp³-hybridized carbons (Fsp3) is 0.611. The normalized spacial score (nSPS) is 26.8. The van der Waals surface area contributed by atoms with Crippen LogP contribution in [0.4, 0.5) is 0 Å². The van der Waals surface area contributed by atoms with Gasteiger partial charge in [0, 0.05) is 39.0 Å². The average molecular weight is 332 g/mol. The van der Waals surface area contributed by atoms with Crippen molar-refractivity contribution in [2.75, 3.05) is 39.6 Å². The van der Waals surface area contributed by atoms with E-state index in [2.05, 4.69) is 17.0 Å². The number of carbonyl (C=O) groups is 1. The smallest absolute Gasteiger partial charge is 0.231 e. The van der Waals surface area contributed by atoms with Crippen LogP contribution in [0.3, 0.4) is 0 Å². The molecule has 2 saturated heterocycles. The highest BCUT2D eigenvalue weighted by atomic mass is 16.7. The summed E-state index contributed by atoms with van der Waals surface area (Å²) in [6, 6.07) is 6.15. The van der Waals surface area contributed by atoms with Crippen LogP contribution in [0.25, 0.3) is 0 Å². The highest BCUT2D eigenvalue weighted by molar-refractivity contribution is 5.73. The minimum Gasteiger partial charge on any atom is -0.454 e. The number of amides is 1. The number of rotatable bonds is 2. The van der Waals surface area contributed by atoms with Gasteiger partial charge in [0.2, 0.25) is 12.7 Å². The predicted molar refractivity (Wildman–Crippen MR) is 87.9 cm³/mol. The number of benzene rings is 1. The fourth-order valence-electron chi connectivity index (χ4n) is 3.84. The number of nitrogens with zero attached hydrogens (tertiary/aromatic N) is 2. The van der Waals surface area contributed by atoms with Crippen LogP contribution in [-0.4, -0.2) is 61.4 Å². The summed E-state index contributed by atoms with van der Waals surface area (Å²) in [6.45, 7) is 6.98. The summed E-state index contributed by atoms with van der Waals surface area (Å²) in [6.07, 6.45) is 1.29. The zero-order valence-corrected chi connectivity index (χ0v) is 14.1. The number of likely N-dealkylation sites (tertiary alicyclic amines) is 1. The van der Waals surface area contributed by atoms with Gasteiger partial charge in [-0.1, -0.05) is 6.07 Å².